The van der Waals surface area contributed by atoms with Crippen molar-refractivity contribution < 1.29 is 18.1 Å². The number of benzene rings is 6. The summed E-state index contributed by atoms with van der Waals surface area (Å²) in [6.45, 7) is 35.8. The van der Waals surface area contributed by atoms with Crippen molar-refractivity contribution in [3.05, 3.63) is 166 Å². The molecule has 0 aromatic heterocycles. The summed E-state index contributed by atoms with van der Waals surface area (Å²) in [5.74, 6) is 6.07. The molecule has 0 spiro atoms. The van der Waals surface area contributed by atoms with Crippen LogP contribution < -0.4 is 28.7 Å². The van der Waals surface area contributed by atoms with E-state index in [2.05, 4.69) is 232 Å². The van der Waals surface area contributed by atoms with Gasteiger partial charge in [-0.15, -0.1) is 0 Å². The predicted molar refractivity (Wildman–Crippen MR) is 286 cm³/mol. The molecule has 0 atom stereocenters. The first kappa shape index (κ1) is 50.8. The molecule has 6 heteroatoms. The Hall–Kier alpha value is -4.62. The minimum Gasteiger partial charge on any atom is -0.435 e. The Morgan fingerprint density at radius 2 is 0.409 bits per heavy atom. The highest BCUT2D eigenvalue weighted by atomic mass is 31.2. The highest BCUT2D eigenvalue weighted by molar-refractivity contribution is 7.57. The van der Waals surface area contributed by atoms with Gasteiger partial charge >= 0.3 is 16.8 Å². The summed E-state index contributed by atoms with van der Waals surface area (Å²) in [5.41, 5.74) is 11.8. The maximum Gasteiger partial charge on any atom is 0.326 e. The second kappa shape index (κ2) is 22.5. The van der Waals surface area contributed by atoms with Gasteiger partial charge in [-0.1, -0.05) is 208 Å². The molecule has 6 rings (SSSR count). The van der Waals surface area contributed by atoms with Gasteiger partial charge in [0.15, 0.2) is 0 Å². The number of hydrogen-bond acceptors (Lipinski definition) is 4. The van der Waals surface area contributed by atoms with Crippen LogP contribution >= 0.6 is 16.8 Å². The molecule has 4 nitrogen and oxygen atoms in total. The lowest BCUT2D eigenvalue weighted by atomic mass is 9.94. The molecule has 0 aliphatic carbocycles. The standard InChI is InChI=1S/C60H76O4P2/c1-37(2)49-21-17-22-50(38(3)4)57(49)61-65(62-58-51(39(5)6)23-18-24-52(58)40(7)8)47-33-29-45(30-34-47)46-31-35-48(36-32-46)66(63-59-53(41(9)10)25-19-26-54(59)42(11)12)64-60-55(43(13)14)27-20-28-56(60)44(15)16/h17-44H,1-16H3. The summed E-state index contributed by atoms with van der Waals surface area (Å²) in [4.78, 5) is 0. The third-order valence-corrected chi connectivity index (χ3v) is 15.3. The molecule has 0 saturated heterocycles. The molecule has 0 saturated carbocycles. The van der Waals surface area contributed by atoms with Gasteiger partial charge in [-0.05, 0) is 127 Å². The van der Waals surface area contributed by atoms with E-state index in [0.717, 1.165) is 44.7 Å². The van der Waals surface area contributed by atoms with Crippen molar-refractivity contribution in [2.75, 3.05) is 0 Å². The molecule has 6 aromatic carbocycles. The minimum atomic E-state index is -1.58. The fourth-order valence-electron chi connectivity index (χ4n) is 8.48. The molecule has 66 heavy (non-hydrogen) atoms. The van der Waals surface area contributed by atoms with E-state index in [-0.39, 0.29) is 47.3 Å². The first-order valence-electron chi connectivity index (χ1n) is 24.4. The summed E-state index contributed by atoms with van der Waals surface area (Å²) in [7, 11) is -3.15. The molecule has 0 aliphatic rings. The number of hydrogen-bond donors (Lipinski definition) is 0. The van der Waals surface area contributed by atoms with Gasteiger partial charge in [0.25, 0.3) is 0 Å². The molecule has 0 N–H and O–H groups in total. The maximum atomic E-state index is 7.25. The van der Waals surface area contributed by atoms with Gasteiger partial charge in [-0.25, -0.2) is 0 Å². The minimum absolute atomic E-state index is 0.288. The van der Waals surface area contributed by atoms with Crippen molar-refractivity contribution in [3.8, 4) is 34.1 Å². The largest absolute Gasteiger partial charge is 0.435 e. The molecule has 0 radical (unpaired) electrons. The van der Waals surface area contributed by atoms with Crippen LogP contribution in [0.3, 0.4) is 0 Å². The van der Waals surface area contributed by atoms with Crippen molar-refractivity contribution in [2.45, 2.75) is 158 Å². The Bertz CT molecular complexity index is 2100. The SMILES string of the molecule is CC(C)c1cccc(C(C)C)c1OP(Oc1c(C(C)C)cccc1C(C)C)c1ccc(-c2ccc(P(Oc3c(C(C)C)cccc3C(C)C)Oc3c(C(C)C)cccc3C(C)C)cc2)cc1. The van der Waals surface area contributed by atoms with Gasteiger partial charge in [0.05, 0.1) is 10.6 Å². The van der Waals surface area contributed by atoms with E-state index in [9.17, 15) is 0 Å². The Labute approximate surface area is 401 Å². The van der Waals surface area contributed by atoms with Gasteiger partial charge in [0.1, 0.15) is 23.0 Å². The van der Waals surface area contributed by atoms with Gasteiger partial charge in [0, 0.05) is 0 Å². The van der Waals surface area contributed by atoms with E-state index < -0.39 is 16.8 Å². The molecule has 350 valence electrons. The fraction of sp³-hybridized carbons (Fsp3) is 0.400. The molecule has 6 aromatic rings. The Morgan fingerprint density at radius 3 is 0.561 bits per heavy atom. The van der Waals surface area contributed by atoms with E-state index in [1.165, 1.54) is 44.5 Å². The van der Waals surface area contributed by atoms with Crippen LogP contribution in [0.2, 0.25) is 0 Å². The van der Waals surface area contributed by atoms with Crippen LogP contribution in [0.25, 0.3) is 11.1 Å². The van der Waals surface area contributed by atoms with Crippen molar-refractivity contribution in [3.63, 3.8) is 0 Å². The van der Waals surface area contributed by atoms with Gasteiger partial charge < -0.3 is 18.1 Å². The van der Waals surface area contributed by atoms with E-state index in [1.807, 2.05) is 0 Å². The summed E-state index contributed by atoms with van der Waals surface area (Å²) >= 11 is 0. The molecule has 0 amide bonds. The highest BCUT2D eigenvalue weighted by Gasteiger charge is 2.29. The molecule has 0 fully saturated rings. The van der Waals surface area contributed by atoms with Crippen LogP contribution in [0.1, 0.15) is 203 Å². The van der Waals surface area contributed by atoms with Crippen molar-refractivity contribution in [1.29, 1.82) is 0 Å². The van der Waals surface area contributed by atoms with E-state index in [0.29, 0.717) is 0 Å². The molecule has 0 heterocycles. The maximum absolute atomic E-state index is 7.25. The number of rotatable bonds is 19. The first-order valence-corrected chi connectivity index (χ1v) is 26.8. The molecular formula is C60H76O4P2. The summed E-state index contributed by atoms with van der Waals surface area (Å²) < 4.78 is 29.0. The van der Waals surface area contributed by atoms with Crippen LogP contribution in [0.5, 0.6) is 23.0 Å². The zero-order valence-corrected chi connectivity index (χ0v) is 44.5. The lowest BCUT2D eigenvalue weighted by Crippen LogP contribution is -2.14. The van der Waals surface area contributed by atoms with Crippen molar-refractivity contribution in [2.24, 2.45) is 0 Å². The monoisotopic (exact) mass is 923 g/mol. The van der Waals surface area contributed by atoms with Crippen LogP contribution in [0, 0.1) is 0 Å². The Kier molecular flexibility index (Phi) is 17.3. The summed E-state index contributed by atoms with van der Waals surface area (Å²) in [5, 5.41) is 2.04. The average molecular weight is 923 g/mol. The summed E-state index contributed by atoms with van der Waals surface area (Å²) in [6.07, 6.45) is 0. The Balaban J connectivity index is 1.42. The van der Waals surface area contributed by atoms with Crippen molar-refractivity contribution in [1.82, 2.24) is 0 Å². The average Bonchev–Trinajstić information content (AvgIpc) is 3.28. The molecule has 0 unspecified atom stereocenters. The zero-order chi connectivity index (χ0) is 48.0. The van der Waals surface area contributed by atoms with Crippen LogP contribution in [-0.4, -0.2) is 0 Å². The van der Waals surface area contributed by atoms with E-state index in [1.54, 1.807) is 0 Å². The van der Waals surface area contributed by atoms with Crippen LogP contribution in [0.4, 0.5) is 0 Å². The van der Waals surface area contributed by atoms with Crippen LogP contribution in [-0.2, 0) is 0 Å². The quantitative estimate of drug-likeness (QED) is 0.0759. The highest BCUT2D eigenvalue weighted by Crippen LogP contribution is 2.51. The summed E-state index contributed by atoms with van der Waals surface area (Å²) in [6, 6.07) is 43.9. The third kappa shape index (κ3) is 11.7. The molecule has 0 aliphatic heterocycles. The first-order chi connectivity index (χ1) is 31.4. The topological polar surface area (TPSA) is 36.9 Å². The molecule has 0 bridgehead atoms. The second-order valence-electron chi connectivity index (χ2n) is 20.3. The van der Waals surface area contributed by atoms with E-state index in [4.69, 9.17) is 18.1 Å². The van der Waals surface area contributed by atoms with Crippen LogP contribution in [0.15, 0.2) is 121 Å². The van der Waals surface area contributed by atoms with Gasteiger partial charge in [0.2, 0.25) is 0 Å². The fourth-order valence-corrected chi connectivity index (χ4v) is 11.3. The normalized spacial score (nSPS) is 12.1. The third-order valence-electron chi connectivity index (χ3n) is 12.5. The second-order valence-corrected chi connectivity index (χ2v) is 23.1. The van der Waals surface area contributed by atoms with Gasteiger partial charge in [-0.3, -0.25) is 0 Å². The zero-order valence-electron chi connectivity index (χ0n) is 42.7. The lowest BCUT2D eigenvalue weighted by Gasteiger charge is -2.28. The lowest BCUT2D eigenvalue weighted by molar-refractivity contribution is 0.479. The smallest absolute Gasteiger partial charge is 0.326 e. The van der Waals surface area contributed by atoms with Gasteiger partial charge in [-0.2, -0.15) is 0 Å². The van der Waals surface area contributed by atoms with Crippen molar-refractivity contribution >= 4 is 27.4 Å². The number of para-hydroxylation sites is 4. The Morgan fingerprint density at radius 1 is 0.242 bits per heavy atom. The van der Waals surface area contributed by atoms with E-state index >= 15 is 0 Å². The molecular weight excluding hydrogens is 847 g/mol. The predicted octanol–water partition coefficient (Wildman–Crippen LogP) is 18.5.